The molecule has 0 aromatic heterocycles. The molecule has 0 saturated heterocycles. The van der Waals surface area contributed by atoms with Gasteiger partial charge in [-0.05, 0) is 36.6 Å². The highest BCUT2D eigenvalue weighted by Crippen LogP contribution is 2.33. The minimum Gasteiger partial charge on any atom is -0.475 e. The van der Waals surface area contributed by atoms with Crippen molar-refractivity contribution in [3.63, 3.8) is 0 Å². The van der Waals surface area contributed by atoms with Crippen molar-refractivity contribution in [2.75, 3.05) is 6.54 Å². The number of carboxylic acid groups (broad SMARTS) is 1. The minimum atomic E-state index is -1.43. The summed E-state index contributed by atoms with van der Waals surface area (Å²) in [7, 11) is 0. The van der Waals surface area contributed by atoms with Crippen LogP contribution in [-0.2, 0) is 21.4 Å². The lowest BCUT2D eigenvalue weighted by Gasteiger charge is -2.27. The Bertz CT molecular complexity index is 664. The van der Waals surface area contributed by atoms with E-state index >= 15 is 0 Å². The number of Topliss-reactive ketones (excluding diaryl/α,β-unsaturated/α-hetero) is 1. The Balaban J connectivity index is 2.54. The normalized spacial score (nSPS) is 13.4. The van der Waals surface area contributed by atoms with E-state index in [2.05, 4.69) is 0 Å². The Morgan fingerprint density at radius 2 is 1.55 bits per heavy atom. The molecule has 2 aromatic rings. The summed E-state index contributed by atoms with van der Waals surface area (Å²) in [6.45, 7) is 2.19. The average Bonchev–Trinajstić information content (AvgIpc) is 2.55. The Labute approximate surface area is 129 Å². The molecular formula is C18H19NO3. The molecule has 1 unspecified atom stereocenters. The maximum absolute atomic E-state index is 12.4. The van der Waals surface area contributed by atoms with Gasteiger partial charge in [-0.1, -0.05) is 54.6 Å². The quantitative estimate of drug-likeness (QED) is 0.801. The van der Waals surface area contributed by atoms with Crippen LogP contribution in [0.2, 0.25) is 0 Å². The summed E-state index contributed by atoms with van der Waals surface area (Å²) in [6.07, 6.45) is 0.745. The lowest BCUT2D eigenvalue weighted by atomic mass is 9.72. The summed E-state index contributed by atoms with van der Waals surface area (Å²) in [5, 5.41) is 9.21. The van der Waals surface area contributed by atoms with Crippen molar-refractivity contribution in [1.29, 1.82) is 0 Å². The maximum atomic E-state index is 12.4. The number of aliphatic carboxylic acids is 1. The van der Waals surface area contributed by atoms with Crippen LogP contribution >= 0.6 is 0 Å². The fraction of sp³-hybridized carbons (Fsp3) is 0.222. The molecule has 2 rings (SSSR count). The van der Waals surface area contributed by atoms with Gasteiger partial charge in [0, 0.05) is 0 Å². The van der Waals surface area contributed by atoms with E-state index in [4.69, 9.17) is 5.73 Å². The van der Waals surface area contributed by atoms with Crippen LogP contribution in [-0.4, -0.2) is 23.4 Å². The molecule has 1 atom stereocenters. The lowest BCUT2D eigenvalue weighted by Crippen LogP contribution is -2.39. The third-order valence-corrected chi connectivity index (χ3v) is 3.96. The SMILES string of the molecule is CC(C(=O)C(=O)O)(c1ccccc1)c1ccc(CCN)cc1. The maximum Gasteiger partial charge on any atom is 0.373 e. The predicted octanol–water partition coefficient (Wildman–Crippen LogP) is 2.15. The predicted molar refractivity (Wildman–Crippen MR) is 84.7 cm³/mol. The number of carboxylic acids is 1. The molecule has 0 amide bonds. The first-order valence-corrected chi connectivity index (χ1v) is 7.13. The fourth-order valence-corrected chi connectivity index (χ4v) is 2.59. The number of hydrogen-bond acceptors (Lipinski definition) is 3. The van der Waals surface area contributed by atoms with Crippen LogP contribution in [0.3, 0.4) is 0 Å². The molecule has 0 bridgehead atoms. The molecule has 0 aliphatic heterocycles. The van der Waals surface area contributed by atoms with Crippen molar-refractivity contribution in [2.45, 2.75) is 18.8 Å². The zero-order valence-corrected chi connectivity index (χ0v) is 12.5. The van der Waals surface area contributed by atoms with Crippen molar-refractivity contribution < 1.29 is 14.7 Å². The van der Waals surface area contributed by atoms with Crippen LogP contribution in [0.1, 0.15) is 23.6 Å². The highest BCUT2D eigenvalue weighted by atomic mass is 16.4. The van der Waals surface area contributed by atoms with Crippen molar-refractivity contribution in [2.24, 2.45) is 5.73 Å². The lowest BCUT2D eigenvalue weighted by molar-refractivity contribution is -0.151. The van der Waals surface area contributed by atoms with Gasteiger partial charge in [-0.25, -0.2) is 4.79 Å². The largest absolute Gasteiger partial charge is 0.475 e. The second-order valence-electron chi connectivity index (χ2n) is 5.36. The van der Waals surface area contributed by atoms with Gasteiger partial charge in [-0.15, -0.1) is 0 Å². The summed E-state index contributed by atoms with van der Waals surface area (Å²) >= 11 is 0. The van der Waals surface area contributed by atoms with Crippen LogP contribution in [0.15, 0.2) is 54.6 Å². The molecule has 0 spiro atoms. The summed E-state index contributed by atoms with van der Waals surface area (Å²) in [5.41, 5.74) is 6.70. The first-order valence-electron chi connectivity index (χ1n) is 7.13. The van der Waals surface area contributed by atoms with Crippen molar-refractivity contribution in [3.05, 3.63) is 71.3 Å². The van der Waals surface area contributed by atoms with E-state index in [9.17, 15) is 14.7 Å². The number of nitrogens with two attached hydrogens (primary N) is 1. The van der Waals surface area contributed by atoms with Gasteiger partial charge in [0.2, 0.25) is 0 Å². The second-order valence-corrected chi connectivity index (χ2v) is 5.36. The smallest absolute Gasteiger partial charge is 0.373 e. The molecule has 4 heteroatoms. The van der Waals surface area contributed by atoms with Gasteiger partial charge in [-0.3, -0.25) is 4.79 Å². The molecule has 0 saturated carbocycles. The number of rotatable bonds is 6. The third kappa shape index (κ3) is 2.92. The van der Waals surface area contributed by atoms with E-state index in [1.165, 1.54) is 0 Å². The first kappa shape index (κ1) is 15.9. The van der Waals surface area contributed by atoms with E-state index < -0.39 is 17.2 Å². The van der Waals surface area contributed by atoms with Crippen LogP contribution in [0.25, 0.3) is 0 Å². The van der Waals surface area contributed by atoms with Gasteiger partial charge < -0.3 is 10.8 Å². The van der Waals surface area contributed by atoms with Crippen molar-refractivity contribution in [3.8, 4) is 0 Å². The fourth-order valence-electron chi connectivity index (χ4n) is 2.59. The molecule has 0 heterocycles. The minimum absolute atomic E-state index is 0.545. The van der Waals surface area contributed by atoms with E-state index in [1.807, 2.05) is 18.2 Å². The average molecular weight is 297 g/mol. The molecule has 3 N–H and O–H groups in total. The molecule has 0 fully saturated rings. The number of carbonyl (C=O) groups excluding carboxylic acids is 1. The van der Waals surface area contributed by atoms with Gasteiger partial charge in [0.1, 0.15) is 0 Å². The third-order valence-electron chi connectivity index (χ3n) is 3.96. The van der Waals surface area contributed by atoms with Crippen LogP contribution in [0, 0.1) is 0 Å². The van der Waals surface area contributed by atoms with E-state index in [1.54, 1.807) is 43.3 Å². The Morgan fingerprint density at radius 3 is 2.05 bits per heavy atom. The van der Waals surface area contributed by atoms with Gasteiger partial charge in [0.15, 0.2) is 0 Å². The summed E-state index contributed by atoms with van der Waals surface area (Å²) in [4.78, 5) is 23.7. The Hall–Kier alpha value is -2.46. The first-order chi connectivity index (χ1) is 10.5. The van der Waals surface area contributed by atoms with E-state index in [-0.39, 0.29) is 0 Å². The molecular weight excluding hydrogens is 278 g/mol. The summed E-state index contributed by atoms with van der Waals surface area (Å²) in [6, 6.07) is 16.4. The van der Waals surface area contributed by atoms with E-state index in [0.29, 0.717) is 17.7 Å². The number of hydrogen-bond donors (Lipinski definition) is 2. The molecule has 22 heavy (non-hydrogen) atoms. The second kappa shape index (κ2) is 6.54. The summed E-state index contributed by atoms with van der Waals surface area (Å²) < 4.78 is 0. The Morgan fingerprint density at radius 1 is 1.00 bits per heavy atom. The molecule has 0 aliphatic rings. The van der Waals surface area contributed by atoms with Gasteiger partial charge in [-0.2, -0.15) is 0 Å². The topological polar surface area (TPSA) is 80.4 Å². The van der Waals surface area contributed by atoms with Gasteiger partial charge >= 0.3 is 5.97 Å². The van der Waals surface area contributed by atoms with Crippen LogP contribution in [0.4, 0.5) is 0 Å². The Kier molecular flexibility index (Phi) is 4.73. The molecule has 4 nitrogen and oxygen atoms in total. The zero-order chi connectivity index (χ0) is 16.2. The van der Waals surface area contributed by atoms with Crippen molar-refractivity contribution in [1.82, 2.24) is 0 Å². The number of carbonyl (C=O) groups is 2. The monoisotopic (exact) mass is 297 g/mol. The molecule has 2 aromatic carbocycles. The van der Waals surface area contributed by atoms with Crippen molar-refractivity contribution >= 4 is 11.8 Å². The standard InChI is InChI=1S/C18H19NO3/c1-18(16(20)17(21)22,14-5-3-2-4-6-14)15-9-7-13(8-10-15)11-12-19/h2-10H,11-12,19H2,1H3,(H,21,22). The summed E-state index contributed by atoms with van der Waals surface area (Å²) in [5.74, 6) is -2.28. The van der Waals surface area contributed by atoms with Crippen LogP contribution in [0.5, 0.6) is 0 Å². The zero-order valence-electron chi connectivity index (χ0n) is 12.5. The highest BCUT2D eigenvalue weighted by molar-refractivity contribution is 6.37. The number of ketones is 1. The number of benzene rings is 2. The van der Waals surface area contributed by atoms with E-state index in [0.717, 1.165) is 12.0 Å². The van der Waals surface area contributed by atoms with Crippen LogP contribution < -0.4 is 5.73 Å². The van der Waals surface area contributed by atoms with Gasteiger partial charge in [0.05, 0.1) is 5.41 Å². The molecule has 0 radical (unpaired) electrons. The molecule has 0 aliphatic carbocycles. The highest BCUT2D eigenvalue weighted by Gasteiger charge is 2.40. The van der Waals surface area contributed by atoms with Gasteiger partial charge in [0.25, 0.3) is 5.78 Å². The molecule has 114 valence electrons.